The molecular formula is C4H10N2OS. The molecule has 0 saturated heterocycles. The Kier molecular flexibility index (Phi) is 12.9. The van der Waals surface area contributed by atoms with Gasteiger partial charge in [-0.15, -0.1) is 0 Å². The first-order valence-corrected chi connectivity index (χ1v) is 2.75. The van der Waals surface area contributed by atoms with Crippen LogP contribution in [0.5, 0.6) is 0 Å². The van der Waals surface area contributed by atoms with Gasteiger partial charge in [0.25, 0.3) is 0 Å². The molecule has 0 amide bonds. The lowest BCUT2D eigenvalue weighted by Crippen LogP contribution is -2.02. The molecule has 0 atom stereocenters. The Balaban J connectivity index is 0. The standard InChI is InChI=1S/C4H4S.H4N2.H2O/c1-2-4-5-3-1;1-2;/h1-4H;1-2H2;1H2. The maximum absolute atomic E-state index is 4.00. The molecule has 1 rings (SSSR count). The molecular weight excluding hydrogens is 124 g/mol. The molecule has 0 radical (unpaired) electrons. The van der Waals surface area contributed by atoms with E-state index in [1.807, 2.05) is 22.9 Å². The second-order valence-electron chi connectivity index (χ2n) is 0.793. The smallest absolute Gasteiger partial charge is 0.00934 e. The maximum atomic E-state index is 4.00. The molecule has 8 heavy (non-hydrogen) atoms. The minimum absolute atomic E-state index is 0. The first kappa shape index (κ1) is 10.5. The van der Waals surface area contributed by atoms with E-state index >= 15 is 0 Å². The van der Waals surface area contributed by atoms with E-state index in [2.05, 4.69) is 11.7 Å². The predicted octanol–water partition coefficient (Wildman–Crippen LogP) is -0.258. The number of nitrogens with two attached hydrogens (primary N) is 2. The van der Waals surface area contributed by atoms with E-state index < -0.39 is 0 Å². The van der Waals surface area contributed by atoms with Gasteiger partial charge in [0.2, 0.25) is 0 Å². The molecule has 0 aliphatic rings. The van der Waals surface area contributed by atoms with Crippen LogP contribution in [0, 0.1) is 0 Å². The number of hydrazine groups is 1. The summed E-state index contributed by atoms with van der Waals surface area (Å²) < 4.78 is 0. The van der Waals surface area contributed by atoms with Crippen LogP contribution in [-0.4, -0.2) is 5.48 Å². The zero-order chi connectivity index (χ0) is 5.54. The molecule has 0 saturated carbocycles. The van der Waals surface area contributed by atoms with Gasteiger partial charge in [0, 0.05) is 0 Å². The quantitative estimate of drug-likeness (QED) is 0.378. The van der Waals surface area contributed by atoms with E-state index in [1.54, 1.807) is 11.3 Å². The second-order valence-corrected chi connectivity index (χ2v) is 1.61. The third-order valence-corrected chi connectivity index (χ3v) is 1.05. The summed E-state index contributed by atoms with van der Waals surface area (Å²) in [5.74, 6) is 8.00. The van der Waals surface area contributed by atoms with Gasteiger partial charge in [-0.2, -0.15) is 11.3 Å². The summed E-state index contributed by atoms with van der Waals surface area (Å²) in [5, 5.41) is 4.08. The summed E-state index contributed by atoms with van der Waals surface area (Å²) in [6, 6.07) is 4.04. The fourth-order valence-corrected chi connectivity index (χ4v) is 0.680. The van der Waals surface area contributed by atoms with E-state index in [4.69, 9.17) is 0 Å². The van der Waals surface area contributed by atoms with Gasteiger partial charge < -0.3 is 5.48 Å². The normalized spacial score (nSPS) is 5.75. The third kappa shape index (κ3) is 5.58. The molecule has 0 fully saturated rings. The minimum Gasteiger partial charge on any atom is -0.412 e. The Labute approximate surface area is 52.2 Å². The first-order chi connectivity index (χ1) is 3.50. The van der Waals surface area contributed by atoms with Crippen LogP contribution in [0.25, 0.3) is 0 Å². The second kappa shape index (κ2) is 9.77. The zero-order valence-electron chi connectivity index (χ0n) is 4.37. The lowest BCUT2D eigenvalue weighted by Gasteiger charge is -1.39. The molecule has 0 bridgehead atoms. The highest BCUT2D eigenvalue weighted by Crippen LogP contribution is 1.91. The van der Waals surface area contributed by atoms with Crippen LogP contribution in [0.1, 0.15) is 0 Å². The minimum atomic E-state index is 0. The highest BCUT2D eigenvalue weighted by molar-refractivity contribution is 7.07. The predicted molar refractivity (Wildman–Crippen MR) is 36.3 cm³/mol. The van der Waals surface area contributed by atoms with E-state index in [0.717, 1.165) is 0 Å². The van der Waals surface area contributed by atoms with E-state index in [9.17, 15) is 0 Å². The number of hydrogen-bond acceptors (Lipinski definition) is 3. The van der Waals surface area contributed by atoms with E-state index in [0.29, 0.717) is 0 Å². The fourth-order valence-electron chi connectivity index (χ4n) is 0.227. The van der Waals surface area contributed by atoms with Crippen molar-refractivity contribution >= 4 is 11.3 Å². The Morgan fingerprint density at radius 3 is 1.50 bits per heavy atom. The molecule has 48 valence electrons. The number of thiophene rings is 1. The highest BCUT2D eigenvalue weighted by Gasteiger charge is 1.58. The van der Waals surface area contributed by atoms with Gasteiger partial charge in [0.1, 0.15) is 0 Å². The SMILES string of the molecule is NN.O.c1ccsc1. The molecule has 0 aliphatic carbocycles. The van der Waals surface area contributed by atoms with Crippen molar-refractivity contribution in [2.75, 3.05) is 0 Å². The average molecular weight is 134 g/mol. The fraction of sp³-hybridized carbons (Fsp3) is 0. The van der Waals surface area contributed by atoms with Gasteiger partial charge in [0.05, 0.1) is 0 Å². The third-order valence-electron chi connectivity index (χ3n) is 0.425. The average Bonchev–Trinajstić information content (AvgIpc) is 2.23. The van der Waals surface area contributed by atoms with Gasteiger partial charge >= 0.3 is 0 Å². The number of rotatable bonds is 0. The summed E-state index contributed by atoms with van der Waals surface area (Å²) in [6.45, 7) is 0. The van der Waals surface area contributed by atoms with Crippen molar-refractivity contribution in [1.82, 2.24) is 0 Å². The lowest BCUT2D eigenvalue weighted by atomic mass is 10.7. The zero-order valence-corrected chi connectivity index (χ0v) is 5.19. The van der Waals surface area contributed by atoms with Crippen LogP contribution in [0.2, 0.25) is 0 Å². The van der Waals surface area contributed by atoms with Crippen LogP contribution in [0.15, 0.2) is 22.9 Å². The molecule has 1 aromatic rings. The van der Waals surface area contributed by atoms with Crippen LogP contribution in [0.3, 0.4) is 0 Å². The van der Waals surface area contributed by atoms with Crippen LogP contribution in [-0.2, 0) is 0 Å². The van der Waals surface area contributed by atoms with Gasteiger partial charge in [-0.05, 0) is 10.8 Å². The Bertz CT molecular complexity index is 70.5. The van der Waals surface area contributed by atoms with Gasteiger partial charge in [0.15, 0.2) is 0 Å². The number of hydrogen-bond donors (Lipinski definition) is 2. The Morgan fingerprint density at radius 2 is 1.38 bits per heavy atom. The summed E-state index contributed by atoms with van der Waals surface area (Å²) >= 11 is 1.71. The van der Waals surface area contributed by atoms with Crippen molar-refractivity contribution in [3.05, 3.63) is 22.9 Å². The Morgan fingerprint density at radius 1 is 1.00 bits per heavy atom. The topological polar surface area (TPSA) is 83.5 Å². The van der Waals surface area contributed by atoms with Crippen molar-refractivity contribution in [3.63, 3.8) is 0 Å². The van der Waals surface area contributed by atoms with Crippen LogP contribution in [0.4, 0.5) is 0 Å². The van der Waals surface area contributed by atoms with Crippen molar-refractivity contribution < 1.29 is 5.48 Å². The van der Waals surface area contributed by atoms with Gasteiger partial charge in [-0.3, -0.25) is 11.7 Å². The van der Waals surface area contributed by atoms with Crippen molar-refractivity contribution in [3.8, 4) is 0 Å². The molecule has 0 aromatic carbocycles. The van der Waals surface area contributed by atoms with Crippen molar-refractivity contribution in [2.45, 2.75) is 0 Å². The molecule has 0 aliphatic heterocycles. The van der Waals surface area contributed by atoms with Crippen LogP contribution >= 0.6 is 11.3 Å². The summed E-state index contributed by atoms with van der Waals surface area (Å²) in [6.07, 6.45) is 0. The molecule has 6 N–H and O–H groups in total. The largest absolute Gasteiger partial charge is 0.412 e. The monoisotopic (exact) mass is 134 g/mol. The van der Waals surface area contributed by atoms with Crippen molar-refractivity contribution in [1.29, 1.82) is 0 Å². The Hall–Kier alpha value is -0.420. The molecule has 1 heterocycles. The summed E-state index contributed by atoms with van der Waals surface area (Å²) in [4.78, 5) is 0. The highest BCUT2D eigenvalue weighted by atomic mass is 32.1. The van der Waals surface area contributed by atoms with E-state index in [-0.39, 0.29) is 5.48 Å². The van der Waals surface area contributed by atoms with Crippen LogP contribution < -0.4 is 11.7 Å². The lowest BCUT2D eigenvalue weighted by molar-refractivity contribution is 0.824. The first-order valence-electron chi connectivity index (χ1n) is 1.80. The molecule has 4 heteroatoms. The molecule has 0 unspecified atom stereocenters. The van der Waals surface area contributed by atoms with Gasteiger partial charge in [-0.25, -0.2) is 0 Å². The summed E-state index contributed by atoms with van der Waals surface area (Å²) in [7, 11) is 0. The maximum Gasteiger partial charge on any atom is -0.00934 e. The molecule has 0 spiro atoms. The molecule has 3 nitrogen and oxygen atoms in total. The van der Waals surface area contributed by atoms with E-state index in [1.165, 1.54) is 0 Å². The summed E-state index contributed by atoms with van der Waals surface area (Å²) in [5.41, 5.74) is 0. The van der Waals surface area contributed by atoms with Crippen molar-refractivity contribution in [2.24, 2.45) is 11.7 Å². The van der Waals surface area contributed by atoms with Gasteiger partial charge in [-0.1, -0.05) is 12.1 Å². The molecule has 1 aromatic heterocycles.